The van der Waals surface area contributed by atoms with Crippen LogP contribution >= 0.6 is 0 Å². The maximum absolute atomic E-state index is 12.5. The van der Waals surface area contributed by atoms with E-state index in [0.717, 1.165) is 0 Å². The Balaban J connectivity index is 1.78. The number of ether oxygens (including phenoxy) is 1. The quantitative estimate of drug-likeness (QED) is 0.716. The average molecular weight is 355 g/mol. The molecule has 0 aliphatic rings. The molecular formula is C19H17NO4S. The van der Waals surface area contributed by atoms with Gasteiger partial charge in [-0.1, -0.05) is 24.3 Å². The fraction of sp³-hybridized carbons (Fsp3) is 0.0526. The van der Waals surface area contributed by atoms with Gasteiger partial charge in [0.1, 0.15) is 17.2 Å². The summed E-state index contributed by atoms with van der Waals surface area (Å²) < 4.78 is 33.2. The van der Waals surface area contributed by atoms with Crippen molar-refractivity contribution in [2.45, 2.75) is 11.8 Å². The fourth-order valence-corrected chi connectivity index (χ4v) is 3.63. The number of phenols is 1. The Morgan fingerprint density at radius 3 is 2.20 bits per heavy atom. The van der Waals surface area contributed by atoms with Gasteiger partial charge in [-0.25, -0.2) is 8.42 Å². The van der Waals surface area contributed by atoms with Crippen LogP contribution in [0.3, 0.4) is 0 Å². The van der Waals surface area contributed by atoms with E-state index in [-0.39, 0.29) is 10.6 Å². The van der Waals surface area contributed by atoms with E-state index in [1.165, 1.54) is 12.1 Å². The predicted octanol–water partition coefficient (Wildman–Crippen LogP) is 4.29. The van der Waals surface area contributed by atoms with E-state index >= 15 is 0 Å². The van der Waals surface area contributed by atoms with E-state index in [1.807, 2.05) is 30.3 Å². The average Bonchev–Trinajstić information content (AvgIpc) is 2.59. The number of hydrogen-bond donors (Lipinski definition) is 2. The van der Waals surface area contributed by atoms with Gasteiger partial charge in [0.15, 0.2) is 0 Å². The smallest absolute Gasteiger partial charge is 0.262 e. The molecule has 0 saturated heterocycles. The van der Waals surface area contributed by atoms with Gasteiger partial charge in [-0.15, -0.1) is 0 Å². The van der Waals surface area contributed by atoms with Crippen molar-refractivity contribution in [2.24, 2.45) is 0 Å². The summed E-state index contributed by atoms with van der Waals surface area (Å²) in [4.78, 5) is 0.0390. The van der Waals surface area contributed by atoms with Crippen LogP contribution in [-0.4, -0.2) is 13.5 Å². The Morgan fingerprint density at radius 2 is 1.52 bits per heavy atom. The number of benzene rings is 3. The minimum atomic E-state index is -3.79. The highest BCUT2D eigenvalue weighted by atomic mass is 32.2. The summed E-state index contributed by atoms with van der Waals surface area (Å²) in [5, 5.41) is 9.53. The number of anilines is 1. The van der Waals surface area contributed by atoms with Crippen molar-refractivity contribution in [3.8, 4) is 17.2 Å². The number of sulfonamides is 1. The summed E-state index contributed by atoms with van der Waals surface area (Å²) >= 11 is 0. The molecule has 0 atom stereocenters. The lowest BCUT2D eigenvalue weighted by molar-refractivity contribution is 0.473. The second kappa shape index (κ2) is 6.86. The van der Waals surface area contributed by atoms with Gasteiger partial charge >= 0.3 is 0 Å². The summed E-state index contributed by atoms with van der Waals surface area (Å²) in [6.07, 6.45) is 0. The van der Waals surface area contributed by atoms with Crippen LogP contribution in [0.15, 0.2) is 77.7 Å². The van der Waals surface area contributed by atoms with Gasteiger partial charge in [-0.2, -0.15) is 0 Å². The molecule has 3 rings (SSSR count). The number of aromatic hydroxyl groups is 1. The summed E-state index contributed by atoms with van der Waals surface area (Å²) in [7, 11) is -3.79. The first-order valence-corrected chi connectivity index (χ1v) is 9.08. The summed E-state index contributed by atoms with van der Waals surface area (Å²) in [5.74, 6) is 1.20. The third kappa shape index (κ3) is 4.10. The zero-order chi connectivity index (χ0) is 17.9. The fourth-order valence-electron chi connectivity index (χ4n) is 2.30. The molecule has 0 spiro atoms. The summed E-state index contributed by atoms with van der Waals surface area (Å²) in [6.45, 7) is 1.67. The normalized spacial score (nSPS) is 11.1. The van der Waals surface area contributed by atoms with E-state index < -0.39 is 10.0 Å². The van der Waals surface area contributed by atoms with E-state index in [2.05, 4.69) is 4.72 Å². The Labute approximate surface area is 146 Å². The maximum atomic E-state index is 12.5. The van der Waals surface area contributed by atoms with Crippen molar-refractivity contribution in [3.63, 3.8) is 0 Å². The molecule has 0 aromatic heterocycles. The molecule has 25 heavy (non-hydrogen) atoms. The van der Waals surface area contributed by atoms with Crippen LogP contribution in [0.25, 0.3) is 0 Å². The molecule has 0 bridgehead atoms. The van der Waals surface area contributed by atoms with Gasteiger partial charge in [0, 0.05) is 11.8 Å². The van der Waals surface area contributed by atoms with E-state index in [0.29, 0.717) is 22.7 Å². The van der Waals surface area contributed by atoms with Crippen LogP contribution in [0, 0.1) is 6.92 Å². The molecule has 0 saturated carbocycles. The molecule has 6 heteroatoms. The number of hydrogen-bond acceptors (Lipinski definition) is 4. The Bertz CT molecular complexity index is 968. The van der Waals surface area contributed by atoms with Crippen molar-refractivity contribution in [2.75, 3.05) is 4.72 Å². The molecule has 0 aliphatic heterocycles. The van der Waals surface area contributed by atoms with Crippen LogP contribution in [0.1, 0.15) is 5.56 Å². The zero-order valence-corrected chi connectivity index (χ0v) is 14.3. The highest BCUT2D eigenvalue weighted by Crippen LogP contribution is 2.26. The van der Waals surface area contributed by atoms with Gasteiger partial charge in [-0.3, -0.25) is 4.72 Å². The molecule has 0 heterocycles. The SMILES string of the molecule is Cc1ccc(O)cc1S(=O)(=O)Nc1ccc(Oc2ccccc2)cc1. The number of rotatable bonds is 5. The number of para-hydroxylation sites is 1. The Morgan fingerprint density at radius 1 is 0.880 bits per heavy atom. The van der Waals surface area contributed by atoms with Crippen molar-refractivity contribution in [3.05, 3.63) is 78.4 Å². The lowest BCUT2D eigenvalue weighted by atomic mass is 10.2. The number of phenolic OH excluding ortho intramolecular Hbond substituents is 1. The number of nitrogens with one attached hydrogen (secondary N) is 1. The largest absolute Gasteiger partial charge is 0.508 e. The lowest BCUT2D eigenvalue weighted by Gasteiger charge is -2.11. The first-order valence-electron chi connectivity index (χ1n) is 7.59. The highest BCUT2D eigenvalue weighted by Gasteiger charge is 2.17. The predicted molar refractivity (Wildman–Crippen MR) is 96.6 cm³/mol. The van der Waals surface area contributed by atoms with Crippen LogP contribution in [0.4, 0.5) is 5.69 Å². The van der Waals surface area contributed by atoms with Gasteiger partial charge in [0.2, 0.25) is 0 Å². The van der Waals surface area contributed by atoms with Crippen molar-refractivity contribution >= 4 is 15.7 Å². The lowest BCUT2D eigenvalue weighted by Crippen LogP contribution is -2.14. The Kier molecular flexibility index (Phi) is 4.63. The van der Waals surface area contributed by atoms with Gasteiger partial charge in [0.25, 0.3) is 10.0 Å². The van der Waals surface area contributed by atoms with E-state index in [4.69, 9.17) is 4.74 Å². The first-order chi connectivity index (χ1) is 11.9. The molecule has 2 N–H and O–H groups in total. The van der Waals surface area contributed by atoms with E-state index in [9.17, 15) is 13.5 Å². The molecule has 3 aromatic carbocycles. The number of aryl methyl sites for hydroxylation is 1. The summed E-state index contributed by atoms with van der Waals surface area (Å²) in [5.41, 5.74) is 0.956. The molecule has 0 radical (unpaired) electrons. The molecular weight excluding hydrogens is 338 g/mol. The zero-order valence-electron chi connectivity index (χ0n) is 13.5. The van der Waals surface area contributed by atoms with Crippen molar-refractivity contribution in [1.29, 1.82) is 0 Å². The van der Waals surface area contributed by atoms with Crippen LogP contribution in [-0.2, 0) is 10.0 Å². The molecule has 5 nitrogen and oxygen atoms in total. The first kappa shape index (κ1) is 16.9. The second-order valence-electron chi connectivity index (χ2n) is 5.49. The topological polar surface area (TPSA) is 75.6 Å². The van der Waals surface area contributed by atoms with Crippen molar-refractivity contribution < 1.29 is 18.3 Å². The molecule has 0 aliphatic carbocycles. The van der Waals surface area contributed by atoms with Crippen molar-refractivity contribution in [1.82, 2.24) is 0 Å². The van der Waals surface area contributed by atoms with Crippen LogP contribution < -0.4 is 9.46 Å². The molecule has 3 aromatic rings. The van der Waals surface area contributed by atoms with Gasteiger partial charge in [0.05, 0.1) is 4.90 Å². The second-order valence-corrected chi connectivity index (χ2v) is 7.15. The minimum absolute atomic E-state index is 0.0390. The molecule has 0 amide bonds. The molecule has 0 unspecified atom stereocenters. The molecule has 128 valence electrons. The monoisotopic (exact) mass is 355 g/mol. The third-order valence-electron chi connectivity index (χ3n) is 3.55. The standard InChI is InChI=1S/C19H17NO4S/c1-14-7-10-16(21)13-19(14)25(22,23)20-15-8-11-18(12-9-15)24-17-5-3-2-4-6-17/h2-13,20-21H,1H3. The Hall–Kier alpha value is -2.99. The van der Waals surface area contributed by atoms with Crippen LogP contribution in [0.5, 0.6) is 17.2 Å². The third-order valence-corrected chi connectivity index (χ3v) is 5.07. The van der Waals surface area contributed by atoms with E-state index in [1.54, 1.807) is 37.3 Å². The summed E-state index contributed by atoms with van der Waals surface area (Å²) in [6, 6.07) is 20.1. The van der Waals surface area contributed by atoms with Gasteiger partial charge in [-0.05, 0) is 55.0 Å². The van der Waals surface area contributed by atoms with Gasteiger partial charge < -0.3 is 9.84 Å². The van der Waals surface area contributed by atoms with Crippen LogP contribution in [0.2, 0.25) is 0 Å². The molecule has 0 fully saturated rings. The minimum Gasteiger partial charge on any atom is -0.508 e. The maximum Gasteiger partial charge on any atom is 0.262 e. The highest BCUT2D eigenvalue weighted by molar-refractivity contribution is 7.92.